The number of thioether (sulfide) groups is 1. The van der Waals surface area contributed by atoms with Gasteiger partial charge in [-0.1, -0.05) is 30.0 Å². The standard InChI is InChI=1S/C21H21N3O3S/c1-14-8-9-16(12-15(14)2)23-19(25)13-28-20-21(26)24(11-10-22-20)17-6-4-5-7-18(17)27-3/h4-12H,13H2,1-3H3,(H,23,25). The van der Waals surface area contributed by atoms with Crippen LogP contribution in [0.3, 0.4) is 0 Å². The largest absolute Gasteiger partial charge is 0.495 e. The van der Waals surface area contributed by atoms with Gasteiger partial charge in [0.2, 0.25) is 5.91 Å². The normalized spacial score (nSPS) is 10.5. The van der Waals surface area contributed by atoms with Crippen LogP contribution in [0.2, 0.25) is 0 Å². The number of nitrogens with one attached hydrogen (secondary N) is 1. The van der Waals surface area contributed by atoms with E-state index in [1.807, 2.05) is 44.2 Å². The number of para-hydroxylation sites is 2. The molecule has 0 bridgehead atoms. The molecule has 1 aromatic heterocycles. The number of ether oxygens (including phenoxy) is 1. The molecule has 2 aromatic carbocycles. The molecule has 6 nitrogen and oxygen atoms in total. The number of benzene rings is 2. The van der Waals surface area contributed by atoms with Crippen molar-refractivity contribution in [3.63, 3.8) is 0 Å². The second-order valence-electron chi connectivity index (χ2n) is 6.22. The first kappa shape index (κ1) is 19.7. The number of hydrogen-bond acceptors (Lipinski definition) is 5. The molecule has 144 valence electrons. The van der Waals surface area contributed by atoms with Gasteiger partial charge in [0, 0.05) is 18.1 Å². The minimum Gasteiger partial charge on any atom is -0.495 e. The Morgan fingerprint density at radius 1 is 1.18 bits per heavy atom. The number of amides is 1. The van der Waals surface area contributed by atoms with E-state index in [2.05, 4.69) is 10.3 Å². The zero-order valence-corrected chi connectivity index (χ0v) is 16.7. The highest BCUT2D eigenvalue weighted by Crippen LogP contribution is 2.21. The second kappa shape index (κ2) is 8.75. The Kier molecular flexibility index (Phi) is 6.16. The SMILES string of the molecule is COc1ccccc1-n1ccnc(SCC(=O)Nc2ccc(C)c(C)c2)c1=O. The molecule has 0 aliphatic heterocycles. The minimum atomic E-state index is -0.295. The van der Waals surface area contributed by atoms with Crippen LogP contribution >= 0.6 is 11.8 Å². The number of carbonyl (C=O) groups is 1. The first-order valence-electron chi connectivity index (χ1n) is 8.70. The number of hydrogen-bond donors (Lipinski definition) is 1. The van der Waals surface area contributed by atoms with Gasteiger partial charge in [-0.2, -0.15) is 0 Å². The Balaban J connectivity index is 1.74. The van der Waals surface area contributed by atoms with Gasteiger partial charge in [-0.3, -0.25) is 14.2 Å². The molecule has 0 atom stereocenters. The third-order valence-electron chi connectivity index (χ3n) is 4.28. The van der Waals surface area contributed by atoms with Gasteiger partial charge in [0.15, 0.2) is 5.03 Å². The van der Waals surface area contributed by atoms with Crippen molar-refractivity contribution >= 4 is 23.4 Å². The van der Waals surface area contributed by atoms with Gasteiger partial charge in [0.05, 0.1) is 18.6 Å². The van der Waals surface area contributed by atoms with Crippen molar-refractivity contribution in [1.29, 1.82) is 0 Å². The smallest absolute Gasteiger partial charge is 0.287 e. The van der Waals surface area contributed by atoms with Crippen molar-refractivity contribution in [2.75, 3.05) is 18.2 Å². The average molecular weight is 395 g/mol. The van der Waals surface area contributed by atoms with Crippen LogP contribution in [0.25, 0.3) is 5.69 Å². The highest BCUT2D eigenvalue weighted by molar-refractivity contribution is 7.99. The second-order valence-corrected chi connectivity index (χ2v) is 7.18. The first-order valence-corrected chi connectivity index (χ1v) is 9.69. The number of carbonyl (C=O) groups excluding carboxylic acids is 1. The van der Waals surface area contributed by atoms with E-state index in [0.29, 0.717) is 11.4 Å². The van der Waals surface area contributed by atoms with Gasteiger partial charge in [-0.15, -0.1) is 0 Å². The van der Waals surface area contributed by atoms with E-state index in [-0.39, 0.29) is 22.2 Å². The van der Waals surface area contributed by atoms with Crippen LogP contribution in [0.15, 0.2) is 64.7 Å². The maximum absolute atomic E-state index is 12.8. The Labute approximate surface area is 167 Å². The summed E-state index contributed by atoms with van der Waals surface area (Å²) in [5.41, 5.74) is 3.34. The van der Waals surface area contributed by atoms with E-state index in [9.17, 15) is 9.59 Å². The summed E-state index contributed by atoms with van der Waals surface area (Å²) in [7, 11) is 1.55. The lowest BCUT2D eigenvalue weighted by Crippen LogP contribution is -2.22. The predicted octanol–water partition coefficient (Wildman–Crippen LogP) is 3.59. The molecular weight excluding hydrogens is 374 g/mol. The van der Waals surface area contributed by atoms with Gasteiger partial charge in [-0.05, 0) is 49.2 Å². The Bertz CT molecular complexity index is 1060. The van der Waals surface area contributed by atoms with Crippen molar-refractivity contribution in [3.8, 4) is 11.4 Å². The quantitative estimate of drug-likeness (QED) is 0.646. The van der Waals surface area contributed by atoms with Gasteiger partial charge < -0.3 is 10.1 Å². The summed E-state index contributed by atoms with van der Waals surface area (Å²) in [6, 6.07) is 13.0. The summed E-state index contributed by atoms with van der Waals surface area (Å²) in [6.45, 7) is 4.01. The molecule has 1 amide bonds. The first-order chi connectivity index (χ1) is 13.5. The third kappa shape index (κ3) is 4.43. The molecule has 3 aromatic rings. The van der Waals surface area contributed by atoms with Crippen molar-refractivity contribution in [2.45, 2.75) is 18.9 Å². The minimum absolute atomic E-state index is 0.0884. The van der Waals surface area contributed by atoms with Crippen LogP contribution in [0.5, 0.6) is 5.75 Å². The fourth-order valence-electron chi connectivity index (χ4n) is 2.66. The molecule has 0 spiro atoms. The number of rotatable bonds is 6. The molecule has 1 heterocycles. The highest BCUT2D eigenvalue weighted by atomic mass is 32.2. The third-order valence-corrected chi connectivity index (χ3v) is 5.24. The number of aryl methyl sites for hydroxylation is 2. The number of methoxy groups -OCH3 is 1. The van der Waals surface area contributed by atoms with Gasteiger partial charge in [-0.25, -0.2) is 4.98 Å². The monoisotopic (exact) mass is 395 g/mol. The summed E-state index contributed by atoms with van der Waals surface area (Å²) in [5.74, 6) is 0.479. The number of nitrogens with zero attached hydrogens (tertiary/aromatic N) is 2. The summed E-state index contributed by atoms with van der Waals surface area (Å²) in [6.07, 6.45) is 3.12. The van der Waals surface area contributed by atoms with Crippen molar-refractivity contribution in [2.24, 2.45) is 0 Å². The molecule has 0 fully saturated rings. The molecule has 0 aliphatic carbocycles. The lowest BCUT2D eigenvalue weighted by molar-refractivity contribution is -0.113. The van der Waals surface area contributed by atoms with Crippen LogP contribution in [-0.2, 0) is 4.79 Å². The van der Waals surface area contributed by atoms with Crippen LogP contribution in [0.4, 0.5) is 5.69 Å². The lowest BCUT2D eigenvalue weighted by atomic mass is 10.1. The van der Waals surface area contributed by atoms with E-state index in [4.69, 9.17) is 4.74 Å². The van der Waals surface area contributed by atoms with Gasteiger partial charge in [0.25, 0.3) is 5.56 Å². The van der Waals surface area contributed by atoms with Crippen molar-refractivity contribution < 1.29 is 9.53 Å². The molecule has 0 radical (unpaired) electrons. The van der Waals surface area contributed by atoms with Crippen molar-refractivity contribution in [3.05, 3.63) is 76.3 Å². The molecule has 0 aliphatic rings. The van der Waals surface area contributed by atoms with Crippen molar-refractivity contribution in [1.82, 2.24) is 9.55 Å². The fraction of sp³-hybridized carbons (Fsp3) is 0.190. The van der Waals surface area contributed by atoms with E-state index in [1.165, 1.54) is 10.8 Å². The zero-order valence-electron chi connectivity index (χ0n) is 15.9. The number of aromatic nitrogens is 2. The zero-order chi connectivity index (χ0) is 20.1. The van der Waals surface area contributed by atoms with Gasteiger partial charge in [0.1, 0.15) is 5.75 Å². The molecule has 7 heteroatoms. The van der Waals surface area contributed by atoms with E-state index in [1.54, 1.807) is 25.4 Å². The predicted molar refractivity (Wildman–Crippen MR) is 112 cm³/mol. The Hall–Kier alpha value is -3.06. The van der Waals surface area contributed by atoms with Crippen LogP contribution < -0.4 is 15.6 Å². The Morgan fingerprint density at radius 2 is 1.96 bits per heavy atom. The highest BCUT2D eigenvalue weighted by Gasteiger charge is 2.12. The van der Waals surface area contributed by atoms with E-state index >= 15 is 0 Å². The molecule has 28 heavy (non-hydrogen) atoms. The maximum Gasteiger partial charge on any atom is 0.287 e. The molecule has 3 rings (SSSR count). The van der Waals surface area contributed by atoms with Crippen LogP contribution in [0.1, 0.15) is 11.1 Å². The average Bonchev–Trinajstić information content (AvgIpc) is 2.70. The maximum atomic E-state index is 12.8. The molecule has 0 saturated heterocycles. The molecule has 1 N–H and O–H groups in total. The van der Waals surface area contributed by atoms with E-state index in [0.717, 1.165) is 28.6 Å². The molecule has 0 unspecified atom stereocenters. The molecular formula is C21H21N3O3S. The summed E-state index contributed by atoms with van der Waals surface area (Å²) < 4.78 is 6.79. The fourth-order valence-corrected chi connectivity index (χ4v) is 3.36. The van der Waals surface area contributed by atoms with E-state index < -0.39 is 0 Å². The van der Waals surface area contributed by atoms with Crippen LogP contribution in [0, 0.1) is 13.8 Å². The van der Waals surface area contributed by atoms with Gasteiger partial charge >= 0.3 is 0 Å². The summed E-state index contributed by atoms with van der Waals surface area (Å²) in [5, 5.41) is 3.10. The summed E-state index contributed by atoms with van der Waals surface area (Å²) >= 11 is 1.11. The Morgan fingerprint density at radius 3 is 2.71 bits per heavy atom. The lowest BCUT2D eigenvalue weighted by Gasteiger charge is -2.11. The summed E-state index contributed by atoms with van der Waals surface area (Å²) in [4.78, 5) is 29.2. The number of anilines is 1. The topological polar surface area (TPSA) is 73.2 Å². The van der Waals surface area contributed by atoms with Crippen LogP contribution in [-0.4, -0.2) is 28.3 Å². The molecule has 0 saturated carbocycles.